The van der Waals surface area contributed by atoms with Gasteiger partial charge in [-0.1, -0.05) is 12.1 Å². The number of carbonyl (C=O) groups excluding carboxylic acids is 1. The van der Waals surface area contributed by atoms with Crippen molar-refractivity contribution in [3.8, 4) is 5.75 Å². The number of nitrogens with one attached hydrogen (secondary N) is 1. The molecule has 0 aliphatic carbocycles. The SMILES string of the molecule is O=C(NCc1ccc(OC(F)(F)F)cc1)c1csc(I)c1. The fourth-order valence-corrected chi connectivity index (χ4v) is 2.85. The zero-order valence-corrected chi connectivity index (χ0v) is 13.4. The maximum atomic E-state index is 12.0. The van der Waals surface area contributed by atoms with Crippen molar-refractivity contribution in [3.63, 3.8) is 0 Å². The Morgan fingerprint density at radius 3 is 2.48 bits per heavy atom. The molecule has 112 valence electrons. The van der Waals surface area contributed by atoms with Gasteiger partial charge in [0.05, 0.1) is 8.45 Å². The maximum absolute atomic E-state index is 12.0. The van der Waals surface area contributed by atoms with Crippen molar-refractivity contribution in [2.45, 2.75) is 12.9 Å². The van der Waals surface area contributed by atoms with E-state index in [-0.39, 0.29) is 18.2 Å². The Kier molecular flexibility index (Phi) is 5.09. The molecule has 0 bridgehead atoms. The van der Waals surface area contributed by atoms with Crippen LogP contribution in [0.3, 0.4) is 0 Å². The van der Waals surface area contributed by atoms with E-state index < -0.39 is 6.36 Å². The number of hydrogen-bond acceptors (Lipinski definition) is 3. The lowest BCUT2D eigenvalue weighted by atomic mass is 10.2. The number of thiophene rings is 1. The molecule has 0 unspecified atom stereocenters. The molecule has 2 rings (SSSR count). The summed E-state index contributed by atoms with van der Waals surface area (Å²) in [6, 6.07) is 7.13. The van der Waals surface area contributed by atoms with Crippen LogP contribution in [0.15, 0.2) is 35.7 Å². The molecule has 1 aromatic carbocycles. The zero-order valence-electron chi connectivity index (χ0n) is 10.4. The van der Waals surface area contributed by atoms with Gasteiger partial charge in [-0.3, -0.25) is 4.79 Å². The van der Waals surface area contributed by atoms with E-state index >= 15 is 0 Å². The third-order valence-corrected chi connectivity index (χ3v) is 4.23. The van der Waals surface area contributed by atoms with Gasteiger partial charge in [0.15, 0.2) is 0 Å². The average molecular weight is 427 g/mol. The zero-order chi connectivity index (χ0) is 15.5. The molecule has 8 heteroatoms. The molecule has 1 amide bonds. The van der Waals surface area contributed by atoms with Gasteiger partial charge >= 0.3 is 6.36 Å². The van der Waals surface area contributed by atoms with E-state index in [4.69, 9.17) is 0 Å². The number of rotatable bonds is 4. The molecule has 2 aromatic rings. The minimum absolute atomic E-state index is 0.218. The summed E-state index contributed by atoms with van der Waals surface area (Å²) in [6.45, 7) is 0.234. The van der Waals surface area contributed by atoms with Crippen molar-refractivity contribution in [1.29, 1.82) is 0 Å². The first-order valence-corrected chi connectivity index (χ1v) is 7.66. The molecule has 1 aromatic heterocycles. The molecule has 1 heterocycles. The van der Waals surface area contributed by atoms with Gasteiger partial charge in [-0.25, -0.2) is 0 Å². The molecule has 0 aliphatic heterocycles. The van der Waals surface area contributed by atoms with Crippen LogP contribution in [0.25, 0.3) is 0 Å². The van der Waals surface area contributed by atoms with Crippen molar-refractivity contribution in [1.82, 2.24) is 5.32 Å². The first-order chi connectivity index (χ1) is 9.83. The summed E-state index contributed by atoms with van der Waals surface area (Å²) in [5.74, 6) is -0.505. The quantitative estimate of drug-likeness (QED) is 0.744. The molecular weight excluding hydrogens is 418 g/mol. The Morgan fingerprint density at radius 2 is 1.95 bits per heavy atom. The van der Waals surface area contributed by atoms with Crippen molar-refractivity contribution in [3.05, 3.63) is 49.7 Å². The molecule has 21 heavy (non-hydrogen) atoms. The van der Waals surface area contributed by atoms with Gasteiger partial charge in [0.25, 0.3) is 5.91 Å². The largest absolute Gasteiger partial charge is 0.573 e. The summed E-state index contributed by atoms with van der Waals surface area (Å²) in [6.07, 6.45) is -4.70. The Morgan fingerprint density at radius 1 is 1.29 bits per heavy atom. The first kappa shape index (κ1) is 16.1. The minimum atomic E-state index is -4.70. The van der Waals surface area contributed by atoms with E-state index in [0.717, 1.165) is 2.88 Å². The number of ether oxygens (including phenoxy) is 1. The van der Waals surface area contributed by atoms with Crippen LogP contribution < -0.4 is 10.1 Å². The predicted molar refractivity (Wildman–Crippen MR) is 81.3 cm³/mol. The van der Waals surface area contributed by atoms with Crippen LogP contribution in [0.1, 0.15) is 15.9 Å². The van der Waals surface area contributed by atoms with Gasteiger partial charge < -0.3 is 10.1 Å². The van der Waals surface area contributed by atoms with Crippen LogP contribution in [0.2, 0.25) is 0 Å². The average Bonchev–Trinajstić information content (AvgIpc) is 2.82. The molecule has 3 nitrogen and oxygen atoms in total. The molecule has 0 radical (unpaired) electrons. The molecule has 1 N–H and O–H groups in total. The fraction of sp³-hybridized carbons (Fsp3) is 0.154. The lowest BCUT2D eigenvalue weighted by Gasteiger charge is -2.09. The Hall–Kier alpha value is -1.29. The van der Waals surface area contributed by atoms with Crippen LogP contribution in [0.5, 0.6) is 5.75 Å². The van der Waals surface area contributed by atoms with E-state index in [1.54, 1.807) is 11.4 Å². The standard InChI is InChI=1S/C13H9F3INO2S/c14-13(15,16)20-10-3-1-8(2-4-10)6-18-12(19)9-5-11(17)21-7-9/h1-5,7H,6H2,(H,18,19). The monoisotopic (exact) mass is 427 g/mol. The van der Waals surface area contributed by atoms with Crippen LogP contribution >= 0.6 is 33.9 Å². The number of halogens is 4. The van der Waals surface area contributed by atoms with E-state index in [2.05, 4.69) is 32.6 Å². The van der Waals surface area contributed by atoms with Crippen LogP contribution in [0.4, 0.5) is 13.2 Å². The third kappa shape index (κ3) is 5.20. The fourth-order valence-electron chi connectivity index (χ4n) is 1.52. The highest BCUT2D eigenvalue weighted by molar-refractivity contribution is 14.1. The van der Waals surface area contributed by atoms with Crippen LogP contribution in [-0.2, 0) is 6.54 Å². The van der Waals surface area contributed by atoms with Crippen LogP contribution in [0, 0.1) is 2.88 Å². The predicted octanol–water partition coefficient (Wildman–Crippen LogP) is 4.18. The van der Waals surface area contributed by atoms with Gasteiger partial charge in [-0.05, 0) is 46.4 Å². The van der Waals surface area contributed by atoms with Gasteiger partial charge in [0, 0.05) is 11.9 Å². The molecule has 0 spiro atoms. The van der Waals surface area contributed by atoms with Crippen molar-refractivity contribution < 1.29 is 22.7 Å². The Bertz CT molecular complexity index is 625. The van der Waals surface area contributed by atoms with Gasteiger partial charge in [-0.15, -0.1) is 24.5 Å². The first-order valence-electron chi connectivity index (χ1n) is 5.70. The Labute approximate surface area is 136 Å². The van der Waals surface area contributed by atoms with E-state index in [1.165, 1.54) is 35.6 Å². The second kappa shape index (κ2) is 6.65. The summed E-state index contributed by atoms with van der Waals surface area (Å²) < 4.78 is 40.8. The molecule has 0 aliphatic rings. The number of hydrogen-bond donors (Lipinski definition) is 1. The normalized spacial score (nSPS) is 11.2. The summed E-state index contributed by atoms with van der Waals surface area (Å²) >= 11 is 3.59. The van der Waals surface area contributed by atoms with E-state index in [9.17, 15) is 18.0 Å². The second-order valence-corrected chi connectivity index (χ2v) is 6.82. The molecule has 0 atom stereocenters. The Balaban J connectivity index is 1.90. The highest BCUT2D eigenvalue weighted by atomic mass is 127. The lowest BCUT2D eigenvalue weighted by molar-refractivity contribution is -0.274. The van der Waals surface area contributed by atoms with Crippen molar-refractivity contribution in [2.24, 2.45) is 0 Å². The number of amides is 1. The van der Waals surface area contributed by atoms with E-state index in [1.807, 2.05) is 0 Å². The van der Waals surface area contributed by atoms with Crippen molar-refractivity contribution in [2.75, 3.05) is 0 Å². The highest BCUT2D eigenvalue weighted by Crippen LogP contribution is 2.22. The summed E-state index contributed by atoms with van der Waals surface area (Å²) in [4.78, 5) is 11.8. The molecule has 0 saturated carbocycles. The van der Waals surface area contributed by atoms with Crippen LogP contribution in [-0.4, -0.2) is 12.3 Å². The summed E-state index contributed by atoms with van der Waals surface area (Å²) in [7, 11) is 0. The lowest BCUT2D eigenvalue weighted by Crippen LogP contribution is -2.22. The second-order valence-electron chi connectivity index (χ2n) is 4.01. The molecule has 0 saturated heterocycles. The van der Waals surface area contributed by atoms with E-state index in [0.29, 0.717) is 11.1 Å². The number of benzene rings is 1. The molecule has 0 fully saturated rings. The number of carbonyl (C=O) groups is 1. The number of alkyl halides is 3. The van der Waals surface area contributed by atoms with Gasteiger partial charge in [0.2, 0.25) is 0 Å². The minimum Gasteiger partial charge on any atom is -0.406 e. The van der Waals surface area contributed by atoms with Gasteiger partial charge in [0.1, 0.15) is 5.75 Å². The highest BCUT2D eigenvalue weighted by Gasteiger charge is 2.30. The molecular formula is C13H9F3INO2S. The van der Waals surface area contributed by atoms with Crippen molar-refractivity contribution >= 4 is 39.8 Å². The summed E-state index contributed by atoms with van der Waals surface area (Å²) in [5.41, 5.74) is 1.25. The summed E-state index contributed by atoms with van der Waals surface area (Å²) in [5, 5.41) is 4.45. The van der Waals surface area contributed by atoms with Gasteiger partial charge in [-0.2, -0.15) is 0 Å². The maximum Gasteiger partial charge on any atom is 0.573 e. The third-order valence-electron chi connectivity index (χ3n) is 2.44. The topological polar surface area (TPSA) is 38.3 Å². The smallest absolute Gasteiger partial charge is 0.406 e.